The van der Waals surface area contributed by atoms with Crippen LogP contribution in [0.5, 0.6) is 5.75 Å². The number of ether oxygens (including phenoxy) is 1. The molecule has 3 aromatic rings. The first-order valence-electron chi connectivity index (χ1n) is 8.32. The Labute approximate surface area is 152 Å². The third-order valence-electron chi connectivity index (χ3n) is 4.30. The maximum atomic E-state index is 12.3. The van der Waals surface area contributed by atoms with E-state index in [1.165, 1.54) is 7.11 Å². The van der Waals surface area contributed by atoms with Crippen molar-refractivity contribution in [1.82, 2.24) is 9.99 Å². The van der Waals surface area contributed by atoms with E-state index in [0.717, 1.165) is 22.2 Å². The minimum atomic E-state index is -0.314. The molecule has 0 aliphatic rings. The molecule has 0 saturated heterocycles. The van der Waals surface area contributed by atoms with Crippen LogP contribution in [0.2, 0.25) is 0 Å². The van der Waals surface area contributed by atoms with Crippen molar-refractivity contribution < 1.29 is 9.53 Å². The van der Waals surface area contributed by atoms with E-state index in [2.05, 4.69) is 27.7 Å². The minimum Gasteiger partial charge on any atom is -0.496 e. The summed E-state index contributed by atoms with van der Waals surface area (Å²) < 4.78 is 7.39. The predicted molar refractivity (Wildman–Crippen MR) is 105 cm³/mol. The summed E-state index contributed by atoms with van der Waals surface area (Å²) in [7, 11) is 1.53. The van der Waals surface area contributed by atoms with Crippen molar-refractivity contribution in [2.24, 2.45) is 5.10 Å². The smallest absolute Gasteiger partial charge is 0.275 e. The van der Waals surface area contributed by atoms with Gasteiger partial charge in [0.1, 0.15) is 5.75 Å². The van der Waals surface area contributed by atoms with Crippen molar-refractivity contribution in [1.29, 1.82) is 0 Å². The topological polar surface area (TPSA) is 55.6 Å². The molecule has 0 aliphatic heterocycles. The second-order valence-corrected chi connectivity index (χ2v) is 5.81. The summed E-state index contributed by atoms with van der Waals surface area (Å²) in [4.78, 5) is 12.3. The summed E-state index contributed by atoms with van der Waals surface area (Å²) >= 11 is 0. The van der Waals surface area contributed by atoms with Gasteiger partial charge >= 0.3 is 0 Å². The molecule has 0 atom stereocenters. The van der Waals surface area contributed by atoms with E-state index in [9.17, 15) is 4.79 Å². The van der Waals surface area contributed by atoms with E-state index in [4.69, 9.17) is 4.74 Å². The quantitative estimate of drug-likeness (QED) is 0.418. The average molecular weight is 347 g/mol. The zero-order valence-electron chi connectivity index (χ0n) is 14.9. The summed E-state index contributed by atoms with van der Waals surface area (Å²) in [6, 6.07) is 15.2. The summed E-state index contributed by atoms with van der Waals surface area (Å²) in [6.45, 7) is 6.58. The summed E-state index contributed by atoms with van der Waals surface area (Å²) in [5.74, 6) is 0.199. The number of rotatable bonds is 6. The Morgan fingerprint density at radius 1 is 1.23 bits per heavy atom. The van der Waals surface area contributed by atoms with Crippen molar-refractivity contribution in [3.63, 3.8) is 0 Å². The van der Waals surface area contributed by atoms with Gasteiger partial charge in [0.2, 0.25) is 0 Å². The Hall–Kier alpha value is -3.34. The van der Waals surface area contributed by atoms with Crippen LogP contribution in [0, 0.1) is 6.92 Å². The molecule has 0 bridgehead atoms. The van der Waals surface area contributed by atoms with Gasteiger partial charge in [0.05, 0.1) is 18.9 Å². The standard InChI is InChI=1S/C21H21N3O2/c1-4-13-24-15(2)18(16-9-5-7-11-19(16)24)14-22-23-21(25)17-10-6-8-12-20(17)26-3/h4-12,14H,1,13H2,2-3H3,(H,23,25)/b22-14+. The van der Waals surface area contributed by atoms with E-state index in [-0.39, 0.29) is 5.91 Å². The molecule has 0 spiro atoms. The number of hydrazone groups is 1. The lowest BCUT2D eigenvalue weighted by Crippen LogP contribution is -2.18. The van der Waals surface area contributed by atoms with Gasteiger partial charge in [-0.2, -0.15) is 5.10 Å². The summed E-state index contributed by atoms with van der Waals surface area (Å²) in [5, 5.41) is 5.24. The molecule has 0 radical (unpaired) electrons. The number of methoxy groups -OCH3 is 1. The Kier molecular flexibility index (Phi) is 5.17. The molecule has 0 aliphatic carbocycles. The first kappa shape index (κ1) is 17.5. The second-order valence-electron chi connectivity index (χ2n) is 5.81. The van der Waals surface area contributed by atoms with Gasteiger partial charge in [0.15, 0.2) is 0 Å². The highest BCUT2D eigenvalue weighted by atomic mass is 16.5. The van der Waals surface area contributed by atoms with Gasteiger partial charge in [-0.3, -0.25) is 4.79 Å². The number of nitrogens with zero attached hydrogens (tertiary/aromatic N) is 2. The number of allylic oxidation sites excluding steroid dienone is 1. The van der Waals surface area contributed by atoms with Crippen LogP contribution in [-0.4, -0.2) is 23.8 Å². The highest BCUT2D eigenvalue weighted by Crippen LogP contribution is 2.24. The van der Waals surface area contributed by atoms with Gasteiger partial charge in [-0.15, -0.1) is 6.58 Å². The normalized spacial score (nSPS) is 11.0. The Balaban J connectivity index is 1.88. The van der Waals surface area contributed by atoms with E-state index in [1.54, 1.807) is 24.4 Å². The highest BCUT2D eigenvalue weighted by Gasteiger charge is 2.12. The number of fused-ring (bicyclic) bond motifs is 1. The third-order valence-corrected chi connectivity index (χ3v) is 4.30. The number of para-hydroxylation sites is 2. The monoisotopic (exact) mass is 347 g/mol. The van der Waals surface area contributed by atoms with Crippen LogP contribution in [0.15, 0.2) is 66.3 Å². The van der Waals surface area contributed by atoms with Crippen molar-refractivity contribution in [2.75, 3.05) is 7.11 Å². The fourth-order valence-corrected chi connectivity index (χ4v) is 3.03. The number of amides is 1. The van der Waals surface area contributed by atoms with E-state index in [0.29, 0.717) is 17.9 Å². The molecule has 0 fully saturated rings. The molecular formula is C21H21N3O2. The molecule has 2 aromatic carbocycles. The van der Waals surface area contributed by atoms with Gasteiger partial charge < -0.3 is 9.30 Å². The predicted octanol–water partition coefficient (Wildman–Crippen LogP) is 3.91. The Morgan fingerprint density at radius 2 is 1.96 bits per heavy atom. The van der Waals surface area contributed by atoms with Crippen LogP contribution < -0.4 is 10.2 Å². The van der Waals surface area contributed by atoms with Crippen LogP contribution in [0.25, 0.3) is 10.9 Å². The Morgan fingerprint density at radius 3 is 2.73 bits per heavy atom. The van der Waals surface area contributed by atoms with Gasteiger partial charge in [-0.25, -0.2) is 5.43 Å². The molecule has 3 rings (SSSR count). The number of hydrogen-bond acceptors (Lipinski definition) is 3. The number of benzene rings is 2. The van der Waals surface area contributed by atoms with Gasteiger partial charge in [0, 0.05) is 28.7 Å². The maximum absolute atomic E-state index is 12.3. The third kappa shape index (κ3) is 3.24. The molecule has 5 heteroatoms. The van der Waals surface area contributed by atoms with Gasteiger partial charge in [-0.05, 0) is 25.1 Å². The van der Waals surface area contributed by atoms with Gasteiger partial charge in [0.25, 0.3) is 5.91 Å². The minimum absolute atomic E-state index is 0.314. The van der Waals surface area contributed by atoms with E-state index in [1.807, 2.05) is 37.3 Å². The number of carbonyl (C=O) groups is 1. The zero-order chi connectivity index (χ0) is 18.5. The summed E-state index contributed by atoms with van der Waals surface area (Å²) in [5.41, 5.74) is 6.18. The van der Waals surface area contributed by atoms with Gasteiger partial charge in [-0.1, -0.05) is 36.4 Å². The first-order valence-corrected chi connectivity index (χ1v) is 8.32. The molecule has 0 unspecified atom stereocenters. The van der Waals surface area contributed by atoms with Crippen LogP contribution >= 0.6 is 0 Å². The van der Waals surface area contributed by atoms with Crippen molar-refractivity contribution >= 4 is 23.0 Å². The van der Waals surface area contributed by atoms with Crippen LogP contribution in [-0.2, 0) is 6.54 Å². The van der Waals surface area contributed by atoms with Crippen molar-refractivity contribution in [3.05, 3.63) is 78.0 Å². The maximum Gasteiger partial charge on any atom is 0.275 e. The largest absolute Gasteiger partial charge is 0.496 e. The van der Waals surface area contributed by atoms with E-state index >= 15 is 0 Å². The van der Waals surface area contributed by atoms with Crippen LogP contribution in [0.3, 0.4) is 0 Å². The molecule has 0 saturated carbocycles. The van der Waals surface area contributed by atoms with E-state index < -0.39 is 0 Å². The molecule has 26 heavy (non-hydrogen) atoms. The average Bonchev–Trinajstić information content (AvgIpc) is 2.94. The second kappa shape index (κ2) is 7.70. The first-order chi connectivity index (χ1) is 12.7. The Bertz CT molecular complexity index is 986. The molecule has 132 valence electrons. The highest BCUT2D eigenvalue weighted by molar-refractivity contribution is 6.02. The van der Waals surface area contributed by atoms with Crippen LogP contribution in [0.1, 0.15) is 21.6 Å². The number of aromatic nitrogens is 1. The SMILES string of the molecule is C=CCn1c(C)c(/C=N/NC(=O)c2ccccc2OC)c2ccccc21. The number of carbonyl (C=O) groups excluding carboxylic acids is 1. The fraction of sp³-hybridized carbons (Fsp3) is 0.143. The zero-order valence-corrected chi connectivity index (χ0v) is 14.9. The lowest BCUT2D eigenvalue weighted by molar-refractivity contribution is 0.0952. The fourth-order valence-electron chi connectivity index (χ4n) is 3.03. The lowest BCUT2D eigenvalue weighted by Gasteiger charge is -2.06. The number of hydrogen-bond donors (Lipinski definition) is 1. The molecule has 1 heterocycles. The molecule has 1 aromatic heterocycles. The molecule has 1 N–H and O–H groups in total. The molecule has 5 nitrogen and oxygen atoms in total. The van der Waals surface area contributed by atoms with Crippen molar-refractivity contribution in [2.45, 2.75) is 13.5 Å². The van der Waals surface area contributed by atoms with Crippen LogP contribution in [0.4, 0.5) is 0 Å². The number of nitrogens with one attached hydrogen (secondary N) is 1. The lowest BCUT2D eigenvalue weighted by atomic mass is 10.1. The van der Waals surface area contributed by atoms with Crippen molar-refractivity contribution in [3.8, 4) is 5.75 Å². The summed E-state index contributed by atoms with van der Waals surface area (Å²) in [6.07, 6.45) is 3.55. The molecule has 1 amide bonds. The molecular weight excluding hydrogens is 326 g/mol.